The van der Waals surface area contributed by atoms with E-state index in [1.165, 1.54) is 6.07 Å². The first-order valence-corrected chi connectivity index (χ1v) is 9.11. The molecule has 0 heterocycles. The van der Waals surface area contributed by atoms with Gasteiger partial charge in [0.15, 0.2) is 0 Å². The minimum Gasteiger partial charge on any atom is -0.450 e. The molecule has 0 spiro atoms. The first-order valence-electron chi connectivity index (χ1n) is 8.73. The number of hydrogen-bond acceptors (Lipinski definition) is 4. The predicted octanol–water partition coefficient (Wildman–Crippen LogP) is 4.56. The van der Waals surface area contributed by atoms with Gasteiger partial charge in [-0.15, -0.1) is 0 Å². The summed E-state index contributed by atoms with van der Waals surface area (Å²) in [6.45, 7) is 2.22. The van der Waals surface area contributed by atoms with E-state index in [9.17, 15) is 14.0 Å². The summed E-state index contributed by atoms with van der Waals surface area (Å²) in [7, 11) is 1.57. The summed E-state index contributed by atoms with van der Waals surface area (Å²) in [4.78, 5) is 24.5. The van der Waals surface area contributed by atoms with Crippen LogP contribution in [0.5, 0.6) is 0 Å². The summed E-state index contributed by atoms with van der Waals surface area (Å²) in [5.41, 5.74) is 0.986. The maximum atomic E-state index is 13.6. The molecule has 2 N–H and O–H groups in total. The van der Waals surface area contributed by atoms with Crippen LogP contribution in [0.3, 0.4) is 0 Å². The van der Waals surface area contributed by atoms with Gasteiger partial charge in [-0.25, -0.2) is 9.18 Å². The Morgan fingerprint density at radius 2 is 1.89 bits per heavy atom. The number of benzene rings is 2. The van der Waals surface area contributed by atoms with Gasteiger partial charge in [-0.2, -0.15) is 0 Å². The van der Waals surface area contributed by atoms with E-state index in [1.807, 2.05) is 12.1 Å². The van der Waals surface area contributed by atoms with E-state index >= 15 is 0 Å². The molecule has 0 bridgehead atoms. The van der Waals surface area contributed by atoms with Crippen LogP contribution >= 0.6 is 11.6 Å². The first kappa shape index (κ1) is 21.7. The van der Waals surface area contributed by atoms with Crippen LogP contribution in [-0.2, 0) is 9.47 Å². The van der Waals surface area contributed by atoms with E-state index in [1.54, 1.807) is 26.2 Å². The van der Waals surface area contributed by atoms with Crippen LogP contribution < -0.4 is 10.6 Å². The van der Waals surface area contributed by atoms with Crippen molar-refractivity contribution >= 4 is 29.3 Å². The van der Waals surface area contributed by atoms with Crippen molar-refractivity contribution in [2.75, 3.05) is 25.6 Å². The molecule has 8 heteroatoms. The third-order valence-corrected chi connectivity index (χ3v) is 4.18. The lowest BCUT2D eigenvalue weighted by Gasteiger charge is -2.20. The Kier molecular flexibility index (Phi) is 8.22. The number of carbonyl (C=O) groups excluding carboxylic acids is 2. The highest BCUT2D eigenvalue weighted by atomic mass is 35.5. The van der Waals surface area contributed by atoms with Gasteiger partial charge in [-0.1, -0.05) is 23.7 Å². The van der Waals surface area contributed by atoms with Crippen LogP contribution in [0, 0.1) is 5.82 Å². The van der Waals surface area contributed by atoms with Crippen molar-refractivity contribution < 1.29 is 23.5 Å². The molecule has 0 saturated heterocycles. The van der Waals surface area contributed by atoms with E-state index in [2.05, 4.69) is 10.6 Å². The standard InChI is InChI=1S/C20H22ClFN2O4/c1-3-28-20(26)24-18-12-15(22)8-9-16(18)19(25)23-17(10-11-27-2)13-4-6-14(21)7-5-13/h4-9,12,17H,3,10-11H2,1-2H3,(H,23,25)(H,24,26). The number of hydrogen-bond donors (Lipinski definition) is 2. The van der Waals surface area contributed by atoms with Gasteiger partial charge >= 0.3 is 6.09 Å². The number of nitrogens with one attached hydrogen (secondary N) is 2. The molecular formula is C20H22ClFN2O4. The average Bonchev–Trinajstić information content (AvgIpc) is 2.66. The van der Waals surface area contributed by atoms with Gasteiger partial charge in [0, 0.05) is 18.7 Å². The number of methoxy groups -OCH3 is 1. The largest absolute Gasteiger partial charge is 0.450 e. The molecule has 0 aliphatic heterocycles. The average molecular weight is 409 g/mol. The molecule has 6 nitrogen and oxygen atoms in total. The Bertz CT molecular complexity index is 814. The topological polar surface area (TPSA) is 76.7 Å². The van der Waals surface area contributed by atoms with Gasteiger partial charge in [0.1, 0.15) is 5.82 Å². The van der Waals surface area contributed by atoms with Crippen molar-refractivity contribution in [3.8, 4) is 0 Å². The lowest BCUT2D eigenvalue weighted by atomic mass is 10.0. The summed E-state index contributed by atoms with van der Waals surface area (Å²) in [5, 5.41) is 5.87. The van der Waals surface area contributed by atoms with E-state index in [4.69, 9.17) is 21.1 Å². The summed E-state index contributed by atoms with van der Waals surface area (Å²) in [6, 6.07) is 10.3. The fraction of sp³-hybridized carbons (Fsp3) is 0.300. The van der Waals surface area contributed by atoms with Crippen molar-refractivity contribution in [3.05, 3.63) is 64.4 Å². The molecule has 2 rings (SSSR count). The van der Waals surface area contributed by atoms with Crippen molar-refractivity contribution in [2.24, 2.45) is 0 Å². The Hall–Kier alpha value is -2.64. The Morgan fingerprint density at radius 3 is 2.54 bits per heavy atom. The molecule has 2 amide bonds. The van der Waals surface area contributed by atoms with Crippen molar-refractivity contribution in [1.29, 1.82) is 0 Å². The number of anilines is 1. The first-order chi connectivity index (χ1) is 13.4. The lowest BCUT2D eigenvalue weighted by Crippen LogP contribution is -2.30. The smallest absolute Gasteiger partial charge is 0.411 e. The maximum absolute atomic E-state index is 13.6. The normalized spacial score (nSPS) is 11.6. The van der Waals surface area contributed by atoms with Gasteiger partial charge in [0.2, 0.25) is 0 Å². The number of carbonyl (C=O) groups is 2. The SMILES string of the molecule is CCOC(=O)Nc1cc(F)ccc1C(=O)NC(CCOC)c1ccc(Cl)cc1. The van der Waals surface area contributed by atoms with Crippen LogP contribution in [0.4, 0.5) is 14.9 Å². The predicted molar refractivity (Wildman–Crippen MR) is 105 cm³/mol. The number of halogens is 2. The molecule has 0 fully saturated rings. The molecule has 150 valence electrons. The minimum atomic E-state index is -0.768. The van der Waals surface area contributed by atoms with E-state index < -0.39 is 17.8 Å². The van der Waals surface area contributed by atoms with Gasteiger partial charge in [0.05, 0.1) is 23.9 Å². The van der Waals surface area contributed by atoms with Gasteiger partial charge in [-0.05, 0) is 49.2 Å². The molecule has 2 aromatic carbocycles. The fourth-order valence-corrected chi connectivity index (χ4v) is 2.71. The maximum Gasteiger partial charge on any atom is 0.411 e. The van der Waals surface area contributed by atoms with Crippen molar-refractivity contribution in [3.63, 3.8) is 0 Å². The monoisotopic (exact) mass is 408 g/mol. The molecule has 0 aliphatic carbocycles. The second-order valence-electron chi connectivity index (χ2n) is 5.89. The van der Waals surface area contributed by atoms with Crippen molar-refractivity contribution in [1.82, 2.24) is 5.32 Å². The quantitative estimate of drug-likeness (QED) is 0.671. The highest BCUT2D eigenvalue weighted by molar-refractivity contribution is 6.30. The van der Waals surface area contributed by atoms with Crippen LogP contribution in [-0.4, -0.2) is 32.3 Å². The number of amides is 2. The molecule has 2 aromatic rings. The molecule has 0 radical (unpaired) electrons. The highest BCUT2D eigenvalue weighted by Gasteiger charge is 2.20. The third kappa shape index (κ3) is 6.21. The lowest BCUT2D eigenvalue weighted by molar-refractivity contribution is 0.0925. The van der Waals surface area contributed by atoms with Crippen LogP contribution in [0.1, 0.15) is 35.3 Å². The fourth-order valence-electron chi connectivity index (χ4n) is 2.58. The van der Waals surface area contributed by atoms with E-state index in [0.717, 1.165) is 17.7 Å². The molecular weight excluding hydrogens is 387 g/mol. The second kappa shape index (κ2) is 10.6. The van der Waals surface area contributed by atoms with Crippen LogP contribution in [0.25, 0.3) is 0 Å². The zero-order valence-electron chi connectivity index (χ0n) is 15.6. The van der Waals surface area contributed by atoms with Crippen LogP contribution in [0.2, 0.25) is 5.02 Å². The van der Waals surface area contributed by atoms with Gasteiger partial charge in [0.25, 0.3) is 5.91 Å². The molecule has 1 unspecified atom stereocenters. The van der Waals surface area contributed by atoms with Gasteiger partial charge in [-0.3, -0.25) is 10.1 Å². The summed E-state index contributed by atoms with van der Waals surface area (Å²) >= 11 is 5.93. The third-order valence-electron chi connectivity index (χ3n) is 3.93. The Balaban J connectivity index is 2.24. The molecule has 0 aromatic heterocycles. The summed E-state index contributed by atoms with van der Waals surface area (Å²) in [5.74, 6) is -1.06. The number of rotatable bonds is 8. The summed E-state index contributed by atoms with van der Waals surface area (Å²) < 4.78 is 23.6. The van der Waals surface area contributed by atoms with E-state index in [0.29, 0.717) is 18.1 Å². The highest BCUT2D eigenvalue weighted by Crippen LogP contribution is 2.23. The van der Waals surface area contributed by atoms with Gasteiger partial charge < -0.3 is 14.8 Å². The zero-order chi connectivity index (χ0) is 20.5. The molecule has 1 atom stereocenters. The Labute approximate surface area is 168 Å². The summed E-state index contributed by atoms with van der Waals surface area (Å²) in [6.07, 6.45) is -0.248. The minimum absolute atomic E-state index is 0.0255. The van der Waals surface area contributed by atoms with Crippen LogP contribution in [0.15, 0.2) is 42.5 Å². The van der Waals surface area contributed by atoms with E-state index in [-0.39, 0.29) is 23.9 Å². The molecule has 0 saturated carbocycles. The number of ether oxygens (including phenoxy) is 2. The Morgan fingerprint density at radius 1 is 1.18 bits per heavy atom. The zero-order valence-corrected chi connectivity index (χ0v) is 16.4. The second-order valence-corrected chi connectivity index (χ2v) is 6.33. The molecule has 28 heavy (non-hydrogen) atoms. The van der Waals surface area contributed by atoms with Crippen molar-refractivity contribution in [2.45, 2.75) is 19.4 Å². The molecule has 0 aliphatic rings.